The number of halogens is 2. The molecule has 2 rings (SSSR count). The maximum absolute atomic E-state index is 3.51. The van der Waals surface area contributed by atoms with Gasteiger partial charge < -0.3 is 24.8 Å². The van der Waals surface area contributed by atoms with Crippen molar-refractivity contribution in [2.45, 2.75) is 108 Å². The Kier molecular flexibility index (Phi) is 17.0. The Morgan fingerprint density at radius 1 is 0.613 bits per heavy atom. The third-order valence-electron chi connectivity index (χ3n) is 7.71. The molecule has 0 unspecified atom stereocenters. The monoisotopic (exact) mass is 542 g/mol. The molecule has 3 heteroatoms. The molecule has 0 aromatic heterocycles. The number of rotatable bonds is 6. The van der Waals surface area contributed by atoms with Crippen molar-refractivity contribution < 1.29 is 51.0 Å². The molecule has 0 aromatic rings. The second kappa shape index (κ2) is 14.6. The van der Waals surface area contributed by atoms with E-state index >= 15 is 0 Å². The number of hydrogen-bond donors (Lipinski definition) is 0. The largest absolute Gasteiger partial charge is 4.00 e. The van der Waals surface area contributed by atoms with E-state index in [4.69, 9.17) is 0 Å². The molecule has 0 fully saturated rings. The molecular weight excluding hydrogens is 498 g/mol. The van der Waals surface area contributed by atoms with Gasteiger partial charge in [0.2, 0.25) is 0 Å². The van der Waals surface area contributed by atoms with E-state index in [-0.39, 0.29) is 51.0 Å². The molecule has 176 valence electrons. The van der Waals surface area contributed by atoms with Crippen LogP contribution in [-0.2, 0) is 26.2 Å². The second-order valence-electron chi connectivity index (χ2n) is 10.5. The van der Waals surface area contributed by atoms with Gasteiger partial charge >= 0.3 is 26.2 Å². The Morgan fingerprint density at radius 2 is 0.871 bits per heavy atom. The number of hydrogen-bond acceptors (Lipinski definition) is 0. The average Bonchev–Trinajstić information content (AvgIpc) is 3.30. The van der Waals surface area contributed by atoms with Crippen LogP contribution >= 0.6 is 0 Å². The molecule has 31 heavy (non-hydrogen) atoms. The minimum absolute atomic E-state index is 0. The molecule has 0 heterocycles. The molecule has 0 amide bonds. The first-order chi connectivity index (χ1) is 13.0. The van der Waals surface area contributed by atoms with Gasteiger partial charge in [0.15, 0.2) is 0 Å². The van der Waals surface area contributed by atoms with Crippen LogP contribution in [0.5, 0.6) is 0 Å². The molecule has 0 spiro atoms. The van der Waals surface area contributed by atoms with E-state index in [1.807, 2.05) is 0 Å². The summed E-state index contributed by atoms with van der Waals surface area (Å²) in [5.74, 6) is 0. The smallest absolute Gasteiger partial charge is 1.00 e. The van der Waals surface area contributed by atoms with Crippen LogP contribution in [0.1, 0.15) is 108 Å². The zero-order valence-corrected chi connectivity index (χ0v) is 25.8. The molecule has 0 saturated heterocycles. The van der Waals surface area contributed by atoms with Crippen LogP contribution < -0.4 is 24.8 Å². The molecule has 2 aliphatic rings. The molecule has 0 saturated carbocycles. The maximum Gasteiger partial charge on any atom is 4.00 e. The molecule has 0 nitrogen and oxygen atoms in total. The van der Waals surface area contributed by atoms with Crippen LogP contribution in [0.4, 0.5) is 0 Å². The van der Waals surface area contributed by atoms with Crippen LogP contribution in [-0.4, -0.2) is 0 Å². The Labute approximate surface area is 226 Å². The first-order valence-corrected chi connectivity index (χ1v) is 11.5. The maximum atomic E-state index is 3.51. The fourth-order valence-corrected chi connectivity index (χ4v) is 5.66. The van der Waals surface area contributed by atoms with E-state index in [0.717, 1.165) is 12.8 Å². The Balaban J connectivity index is -0.000000461. The summed E-state index contributed by atoms with van der Waals surface area (Å²) >= 11 is 0. The van der Waals surface area contributed by atoms with Gasteiger partial charge in [-0.2, -0.15) is 12.2 Å². The van der Waals surface area contributed by atoms with Crippen molar-refractivity contribution >= 4 is 0 Å². The first-order valence-electron chi connectivity index (χ1n) is 11.5. The third-order valence-corrected chi connectivity index (χ3v) is 7.71. The van der Waals surface area contributed by atoms with E-state index in [1.165, 1.54) is 36.8 Å². The van der Waals surface area contributed by atoms with Gasteiger partial charge in [-0.15, -0.1) is 12.8 Å². The van der Waals surface area contributed by atoms with E-state index < -0.39 is 0 Å². The molecule has 0 atom stereocenters. The molecule has 2 aliphatic carbocycles. The van der Waals surface area contributed by atoms with Crippen LogP contribution in [0, 0.1) is 33.8 Å². The number of allylic oxidation sites excluding steroid dienone is 8. The van der Waals surface area contributed by atoms with Crippen molar-refractivity contribution in [3.05, 3.63) is 47.6 Å². The van der Waals surface area contributed by atoms with Crippen LogP contribution in [0.25, 0.3) is 0 Å². The van der Waals surface area contributed by atoms with Crippen molar-refractivity contribution in [2.75, 3.05) is 0 Å². The summed E-state index contributed by atoms with van der Waals surface area (Å²) < 4.78 is 0. The predicted molar refractivity (Wildman–Crippen MR) is 126 cm³/mol. The third kappa shape index (κ3) is 7.72. The van der Waals surface area contributed by atoms with Gasteiger partial charge in [-0.25, -0.2) is 23.3 Å². The summed E-state index contributed by atoms with van der Waals surface area (Å²) in [6.07, 6.45) is 22.9. The van der Waals surface area contributed by atoms with Gasteiger partial charge in [0, 0.05) is 0 Å². The Hall–Kier alpha value is 0.423. The van der Waals surface area contributed by atoms with Crippen LogP contribution in [0.15, 0.2) is 35.5 Å². The van der Waals surface area contributed by atoms with Gasteiger partial charge in [-0.3, -0.25) is 12.2 Å². The second-order valence-corrected chi connectivity index (χ2v) is 10.5. The van der Waals surface area contributed by atoms with E-state index in [1.54, 1.807) is 0 Å². The van der Waals surface area contributed by atoms with Gasteiger partial charge in [0.05, 0.1) is 0 Å². The fraction of sp³-hybridized carbons (Fsp3) is 0.714. The van der Waals surface area contributed by atoms with Crippen molar-refractivity contribution in [3.63, 3.8) is 0 Å². The van der Waals surface area contributed by atoms with E-state index in [2.05, 4.69) is 106 Å². The van der Waals surface area contributed by atoms with E-state index in [9.17, 15) is 0 Å². The van der Waals surface area contributed by atoms with Crippen molar-refractivity contribution in [3.8, 4) is 0 Å². The molecule has 0 aliphatic heterocycles. The summed E-state index contributed by atoms with van der Waals surface area (Å²) in [6, 6.07) is 0. The fourth-order valence-electron chi connectivity index (χ4n) is 5.66. The summed E-state index contributed by atoms with van der Waals surface area (Å²) in [5, 5.41) is 0. The Bertz CT molecular complexity index is 560. The average molecular weight is 545 g/mol. The van der Waals surface area contributed by atoms with Gasteiger partial charge in [-0.1, -0.05) is 69.2 Å². The van der Waals surface area contributed by atoms with Crippen molar-refractivity contribution in [1.29, 1.82) is 0 Å². The van der Waals surface area contributed by atoms with Crippen LogP contribution in [0.3, 0.4) is 0 Å². The van der Waals surface area contributed by atoms with Crippen molar-refractivity contribution in [1.82, 2.24) is 0 Å². The van der Waals surface area contributed by atoms with Gasteiger partial charge in [0.25, 0.3) is 0 Å². The summed E-state index contributed by atoms with van der Waals surface area (Å²) in [6.45, 7) is 23.3. The Morgan fingerprint density at radius 3 is 1.00 bits per heavy atom. The molecular formula is C28H46Cl2Zr. The van der Waals surface area contributed by atoms with Gasteiger partial charge in [-0.05, 0) is 47.3 Å². The normalized spacial score (nSPS) is 15.7. The molecule has 0 aromatic carbocycles. The molecule has 0 bridgehead atoms. The molecule has 0 radical (unpaired) electrons. The van der Waals surface area contributed by atoms with Crippen LogP contribution in [0.2, 0.25) is 0 Å². The summed E-state index contributed by atoms with van der Waals surface area (Å²) in [7, 11) is 0. The molecule has 0 N–H and O–H groups in total. The topological polar surface area (TPSA) is 0 Å². The predicted octanol–water partition coefficient (Wildman–Crippen LogP) is 3.06. The quantitative estimate of drug-likeness (QED) is 0.451. The standard InChI is InChI=1S/2C14H23.2ClH.Zr/c2*1-6-14(7-2,13(3,4)5)12-10-8-9-11-12;;;/h2*8,10H,6-7,9H2,1-5H3;2*1H;/q2*-1;;;+4/p-2. The minimum atomic E-state index is 0. The van der Waals surface area contributed by atoms with E-state index in [0.29, 0.717) is 21.7 Å². The van der Waals surface area contributed by atoms with Gasteiger partial charge in [0.1, 0.15) is 0 Å². The first kappa shape index (κ1) is 36.0. The SMILES string of the molecule is CCC(CC)(C1=[C-]CC=C1)C(C)(C)C.CCC(CC)(C1=[C-]CC=C1)C(C)(C)C.[Cl-].[Cl-].[Zr+4]. The summed E-state index contributed by atoms with van der Waals surface area (Å²) in [5.41, 5.74) is 4.17. The zero-order chi connectivity index (χ0) is 21.6. The minimum Gasteiger partial charge on any atom is -1.00 e. The van der Waals surface area contributed by atoms with Crippen molar-refractivity contribution in [2.24, 2.45) is 21.7 Å². The zero-order valence-electron chi connectivity index (χ0n) is 21.8. The summed E-state index contributed by atoms with van der Waals surface area (Å²) in [4.78, 5) is 0.